The Morgan fingerprint density at radius 1 is 1.29 bits per heavy atom. The van der Waals surface area contributed by atoms with Gasteiger partial charge >= 0.3 is 0 Å². The van der Waals surface area contributed by atoms with Crippen LogP contribution < -0.4 is 10.2 Å². The van der Waals surface area contributed by atoms with E-state index < -0.39 is 0 Å². The Balaban J connectivity index is 1.53. The zero-order valence-corrected chi connectivity index (χ0v) is 12.6. The van der Waals surface area contributed by atoms with Crippen LogP contribution in [0.15, 0.2) is 24.0 Å². The van der Waals surface area contributed by atoms with Crippen LogP contribution in [0.25, 0.3) is 0 Å². The number of amides is 1. The molecule has 3 rings (SSSR count). The van der Waals surface area contributed by atoms with Crippen molar-refractivity contribution in [3.8, 4) is 0 Å². The summed E-state index contributed by atoms with van der Waals surface area (Å²) in [6.45, 7) is 3.68. The number of piperidine rings is 1. The van der Waals surface area contributed by atoms with Crippen LogP contribution in [-0.2, 0) is 0 Å². The molecular weight excluding hydrogens is 286 g/mol. The second-order valence-electron chi connectivity index (χ2n) is 5.09. The summed E-state index contributed by atoms with van der Waals surface area (Å²) in [6.07, 6.45) is 6.80. The molecule has 6 nitrogen and oxygen atoms in total. The lowest BCUT2D eigenvalue weighted by Gasteiger charge is -2.32. The average Bonchev–Trinajstić information content (AvgIpc) is 3.03. The molecule has 110 valence electrons. The van der Waals surface area contributed by atoms with Gasteiger partial charge in [0, 0.05) is 36.9 Å². The van der Waals surface area contributed by atoms with E-state index in [1.165, 1.54) is 6.20 Å². The number of thiazole rings is 1. The molecule has 0 aliphatic carbocycles. The molecule has 1 amide bonds. The molecule has 0 unspecified atom stereocenters. The van der Waals surface area contributed by atoms with Gasteiger partial charge in [-0.3, -0.25) is 9.78 Å². The predicted octanol–water partition coefficient (Wildman–Crippen LogP) is 1.64. The molecule has 21 heavy (non-hydrogen) atoms. The molecule has 0 bridgehead atoms. The van der Waals surface area contributed by atoms with E-state index in [1.807, 2.05) is 18.5 Å². The Bertz CT molecular complexity index is 590. The second-order valence-corrected chi connectivity index (χ2v) is 5.97. The van der Waals surface area contributed by atoms with Crippen molar-refractivity contribution in [2.45, 2.75) is 25.8 Å². The van der Waals surface area contributed by atoms with Gasteiger partial charge in [0.2, 0.25) is 0 Å². The third-order valence-electron chi connectivity index (χ3n) is 3.53. The molecule has 1 fully saturated rings. The minimum atomic E-state index is -0.143. The van der Waals surface area contributed by atoms with Crippen LogP contribution in [0.3, 0.4) is 0 Å². The lowest BCUT2D eigenvalue weighted by atomic mass is 10.1. The maximum Gasteiger partial charge on any atom is 0.271 e. The van der Waals surface area contributed by atoms with Gasteiger partial charge in [-0.05, 0) is 19.8 Å². The van der Waals surface area contributed by atoms with E-state index in [2.05, 4.69) is 25.2 Å². The first-order valence-electron chi connectivity index (χ1n) is 6.96. The summed E-state index contributed by atoms with van der Waals surface area (Å²) in [5.74, 6) is -0.143. The molecule has 0 saturated carbocycles. The molecule has 7 heteroatoms. The molecule has 1 aliphatic heterocycles. The topological polar surface area (TPSA) is 71.0 Å². The molecule has 0 atom stereocenters. The van der Waals surface area contributed by atoms with Crippen LogP contribution in [-0.4, -0.2) is 40.0 Å². The van der Waals surface area contributed by atoms with E-state index in [0.29, 0.717) is 5.69 Å². The van der Waals surface area contributed by atoms with Gasteiger partial charge in [0.05, 0.1) is 11.9 Å². The lowest BCUT2D eigenvalue weighted by molar-refractivity contribution is 0.0925. The van der Waals surface area contributed by atoms with E-state index in [0.717, 1.165) is 36.8 Å². The lowest BCUT2D eigenvalue weighted by Crippen LogP contribution is -2.44. The highest BCUT2D eigenvalue weighted by molar-refractivity contribution is 7.13. The maximum atomic E-state index is 12.1. The number of hydrogen-bond acceptors (Lipinski definition) is 6. The van der Waals surface area contributed by atoms with Crippen LogP contribution in [0, 0.1) is 6.92 Å². The van der Waals surface area contributed by atoms with Crippen molar-refractivity contribution in [3.63, 3.8) is 0 Å². The van der Waals surface area contributed by atoms with Crippen molar-refractivity contribution >= 4 is 22.4 Å². The van der Waals surface area contributed by atoms with E-state index in [-0.39, 0.29) is 11.9 Å². The van der Waals surface area contributed by atoms with E-state index in [1.54, 1.807) is 17.5 Å². The summed E-state index contributed by atoms with van der Waals surface area (Å²) in [6, 6.07) is 0.191. The predicted molar refractivity (Wildman–Crippen MR) is 81.6 cm³/mol. The molecule has 1 N–H and O–H groups in total. The molecular formula is C14H17N5OS. The fourth-order valence-corrected chi connectivity index (χ4v) is 3.05. The summed E-state index contributed by atoms with van der Waals surface area (Å²) in [4.78, 5) is 26.9. The Labute approximate surface area is 127 Å². The molecule has 2 aromatic rings. The first-order valence-corrected chi connectivity index (χ1v) is 7.84. The molecule has 1 saturated heterocycles. The molecule has 0 spiro atoms. The monoisotopic (exact) mass is 303 g/mol. The fraction of sp³-hybridized carbons (Fsp3) is 0.429. The highest BCUT2D eigenvalue weighted by Gasteiger charge is 2.22. The van der Waals surface area contributed by atoms with Gasteiger partial charge in [0.1, 0.15) is 5.69 Å². The molecule has 2 aromatic heterocycles. The van der Waals surface area contributed by atoms with Crippen LogP contribution in [0.5, 0.6) is 0 Å². The molecule has 3 heterocycles. The van der Waals surface area contributed by atoms with Crippen molar-refractivity contribution in [2.24, 2.45) is 0 Å². The Morgan fingerprint density at radius 3 is 2.71 bits per heavy atom. The van der Waals surface area contributed by atoms with Crippen molar-refractivity contribution in [3.05, 3.63) is 35.4 Å². The minimum Gasteiger partial charge on any atom is -0.348 e. The summed E-state index contributed by atoms with van der Waals surface area (Å²) < 4.78 is 0. The maximum absolute atomic E-state index is 12.1. The first-order chi connectivity index (χ1) is 10.2. The number of carbonyl (C=O) groups is 1. The van der Waals surface area contributed by atoms with Crippen LogP contribution >= 0.6 is 11.3 Å². The Hall–Kier alpha value is -2.02. The highest BCUT2D eigenvalue weighted by atomic mass is 32.1. The number of nitrogens with zero attached hydrogens (tertiary/aromatic N) is 4. The number of nitrogens with one attached hydrogen (secondary N) is 1. The van der Waals surface area contributed by atoms with Gasteiger partial charge in [-0.15, -0.1) is 11.3 Å². The van der Waals surface area contributed by atoms with Gasteiger partial charge < -0.3 is 10.2 Å². The quantitative estimate of drug-likeness (QED) is 0.933. The van der Waals surface area contributed by atoms with Gasteiger partial charge in [-0.2, -0.15) is 0 Å². The summed E-state index contributed by atoms with van der Waals surface area (Å²) in [5.41, 5.74) is 1.19. The van der Waals surface area contributed by atoms with Gasteiger partial charge in [-0.25, -0.2) is 9.97 Å². The minimum absolute atomic E-state index is 0.143. The molecule has 0 aromatic carbocycles. The number of rotatable bonds is 3. The molecule has 0 radical (unpaired) electrons. The number of carbonyl (C=O) groups excluding carboxylic acids is 1. The van der Waals surface area contributed by atoms with Crippen LogP contribution in [0.1, 0.15) is 29.0 Å². The SMILES string of the molecule is Cc1cnc(C(=O)NC2CCN(c3nccs3)CC2)cn1. The molecule has 1 aliphatic rings. The Morgan fingerprint density at radius 2 is 2.10 bits per heavy atom. The van der Waals surface area contributed by atoms with E-state index in [4.69, 9.17) is 0 Å². The van der Waals surface area contributed by atoms with Crippen molar-refractivity contribution in [1.82, 2.24) is 20.3 Å². The highest BCUT2D eigenvalue weighted by Crippen LogP contribution is 2.22. The number of aromatic nitrogens is 3. The summed E-state index contributed by atoms with van der Waals surface area (Å²) in [7, 11) is 0. The normalized spacial score (nSPS) is 16.0. The van der Waals surface area contributed by atoms with Gasteiger partial charge in [0.15, 0.2) is 5.13 Å². The zero-order valence-electron chi connectivity index (χ0n) is 11.8. The second kappa shape index (κ2) is 6.17. The van der Waals surface area contributed by atoms with E-state index in [9.17, 15) is 4.79 Å². The Kier molecular flexibility index (Phi) is 4.10. The fourth-order valence-electron chi connectivity index (χ4n) is 2.36. The average molecular weight is 303 g/mol. The van der Waals surface area contributed by atoms with Crippen LogP contribution in [0.4, 0.5) is 5.13 Å². The van der Waals surface area contributed by atoms with Crippen LogP contribution in [0.2, 0.25) is 0 Å². The van der Waals surface area contributed by atoms with Gasteiger partial charge in [0.25, 0.3) is 5.91 Å². The number of aryl methyl sites for hydroxylation is 1. The number of hydrogen-bond donors (Lipinski definition) is 1. The van der Waals surface area contributed by atoms with E-state index >= 15 is 0 Å². The largest absolute Gasteiger partial charge is 0.348 e. The standard InChI is InChI=1S/C14H17N5OS/c1-10-8-17-12(9-16-10)13(20)18-11-2-5-19(6-3-11)14-15-4-7-21-14/h4,7-9,11H,2-3,5-6H2,1H3,(H,18,20). The first kappa shape index (κ1) is 13.9. The van der Waals surface area contributed by atoms with Crippen molar-refractivity contribution < 1.29 is 4.79 Å². The zero-order chi connectivity index (χ0) is 14.7. The van der Waals surface area contributed by atoms with Crippen molar-refractivity contribution in [2.75, 3.05) is 18.0 Å². The van der Waals surface area contributed by atoms with Crippen molar-refractivity contribution in [1.29, 1.82) is 0 Å². The summed E-state index contributed by atoms with van der Waals surface area (Å²) in [5, 5.41) is 6.08. The third kappa shape index (κ3) is 3.36. The summed E-state index contributed by atoms with van der Waals surface area (Å²) >= 11 is 1.65. The number of anilines is 1. The smallest absolute Gasteiger partial charge is 0.271 e. The third-order valence-corrected chi connectivity index (χ3v) is 4.37. The van der Waals surface area contributed by atoms with Gasteiger partial charge in [-0.1, -0.05) is 0 Å².